The molecule has 8 heteroatoms. The van der Waals surface area contributed by atoms with Crippen molar-refractivity contribution in [3.63, 3.8) is 0 Å². The van der Waals surface area contributed by atoms with Crippen LogP contribution in [0, 0.1) is 5.92 Å². The Balaban J connectivity index is 1.44. The number of nitrogens with one attached hydrogen (secondary N) is 1. The first kappa shape index (κ1) is 15.5. The molecule has 4 aliphatic heterocycles. The number of fused-ring (bicyclic) bond motifs is 3. The summed E-state index contributed by atoms with van der Waals surface area (Å²) in [6.45, 7) is 2.98. The van der Waals surface area contributed by atoms with Gasteiger partial charge < -0.3 is 10.2 Å². The topological polar surface area (TPSA) is 36.9 Å². The van der Waals surface area contributed by atoms with Gasteiger partial charge in [-0.15, -0.1) is 11.3 Å². The smallest absolute Gasteiger partial charge is 0.364 e. The van der Waals surface area contributed by atoms with Gasteiger partial charge >= 0.3 is 6.18 Å². The predicted octanol–water partition coefficient (Wildman–Crippen LogP) is 3.62. The molecular formula is C17H16F3N3OS. The van der Waals surface area contributed by atoms with Crippen LogP contribution >= 0.6 is 11.3 Å². The molecule has 3 fully saturated rings. The maximum atomic E-state index is 12.9. The summed E-state index contributed by atoms with van der Waals surface area (Å²) >= 11 is 0.760. The quantitative estimate of drug-likeness (QED) is 0.836. The molecule has 25 heavy (non-hydrogen) atoms. The Morgan fingerprint density at radius 3 is 2.72 bits per heavy atom. The summed E-state index contributed by atoms with van der Waals surface area (Å²) in [6, 6.07) is 6.46. The molecule has 0 aliphatic carbocycles. The molecule has 132 valence electrons. The highest BCUT2D eigenvalue weighted by atomic mass is 32.1. The van der Waals surface area contributed by atoms with E-state index >= 15 is 0 Å². The third-order valence-corrected chi connectivity index (χ3v) is 6.55. The Bertz CT molecular complexity index is 870. The van der Waals surface area contributed by atoms with E-state index in [0.717, 1.165) is 49.4 Å². The molecule has 1 unspecified atom stereocenters. The van der Waals surface area contributed by atoms with E-state index in [0.29, 0.717) is 21.8 Å². The zero-order valence-electron chi connectivity index (χ0n) is 13.3. The molecule has 6 rings (SSSR count). The van der Waals surface area contributed by atoms with Crippen LogP contribution in [0.25, 0.3) is 10.1 Å². The number of amidine groups is 1. The fourth-order valence-corrected chi connectivity index (χ4v) is 5.05. The van der Waals surface area contributed by atoms with Crippen LogP contribution in [0.5, 0.6) is 0 Å². The molecule has 3 saturated heterocycles. The molecular weight excluding hydrogens is 351 g/mol. The van der Waals surface area contributed by atoms with Gasteiger partial charge in [0.25, 0.3) is 0 Å². The maximum Gasteiger partial charge on any atom is 0.425 e. The Kier molecular flexibility index (Phi) is 3.16. The lowest BCUT2D eigenvalue weighted by Gasteiger charge is -2.49. The summed E-state index contributed by atoms with van der Waals surface area (Å²) in [5.41, 5.74) is 0.282. The number of halogens is 3. The molecule has 2 bridgehead atoms. The highest BCUT2D eigenvalue weighted by Gasteiger charge is 2.52. The van der Waals surface area contributed by atoms with Crippen LogP contribution in [0.15, 0.2) is 29.4 Å². The lowest BCUT2D eigenvalue weighted by atomic mass is 9.81. The van der Waals surface area contributed by atoms with E-state index in [4.69, 9.17) is 4.84 Å². The number of alkyl halides is 3. The highest BCUT2D eigenvalue weighted by molar-refractivity contribution is 7.19. The van der Waals surface area contributed by atoms with Crippen LogP contribution in [0.3, 0.4) is 0 Å². The first-order valence-corrected chi connectivity index (χ1v) is 9.12. The summed E-state index contributed by atoms with van der Waals surface area (Å²) in [6.07, 6.45) is -2.15. The van der Waals surface area contributed by atoms with Gasteiger partial charge in [-0.25, -0.2) is 0 Å². The van der Waals surface area contributed by atoms with Gasteiger partial charge in [-0.2, -0.15) is 13.2 Å². The summed E-state index contributed by atoms with van der Waals surface area (Å²) in [4.78, 5) is 7.60. The third-order valence-electron chi connectivity index (χ3n) is 5.41. The molecule has 1 atom stereocenters. The largest absolute Gasteiger partial charge is 0.425 e. The van der Waals surface area contributed by atoms with Crippen molar-refractivity contribution in [2.45, 2.75) is 24.7 Å². The van der Waals surface area contributed by atoms with Crippen molar-refractivity contribution < 1.29 is 18.0 Å². The van der Waals surface area contributed by atoms with Gasteiger partial charge in [0.05, 0.1) is 6.54 Å². The van der Waals surface area contributed by atoms with Gasteiger partial charge in [-0.05, 0) is 43.5 Å². The van der Waals surface area contributed by atoms with Crippen LogP contribution in [0.1, 0.15) is 23.3 Å². The van der Waals surface area contributed by atoms with Crippen molar-refractivity contribution in [3.8, 4) is 0 Å². The van der Waals surface area contributed by atoms with E-state index in [2.05, 4.69) is 15.4 Å². The molecule has 5 heterocycles. The first-order valence-electron chi connectivity index (χ1n) is 8.31. The highest BCUT2D eigenvalue weighted by Crippen LogP contribution is 2.40. The minimum atomic E-state index is -4.31. The van der Waals surface area contributed by atoms with Crippen molar-refractivity contribution in [1.29, 1.82) is 0 Å². The number of piperidine rings is 3. The number of benzene rings is 1. The van der Waals surface area contributed by atoms with E-state index in [1.807, 2.05) is 0 Å². The summed E-state index contributed by atoms with van der Waals surface area (Å²) < 4.78 is 39.3. The lowest BCUT2D eigenvalue weighted by molar-refractivity contribution is -0.148. The average molecular weight is 367 g/mol. The van der Waals surface area contributed by atoms with E-state index < -0.39 is 16.8 Å². The summed E-state index contributed by atoms with van der Waals surface area (Å²) in [5, 5.41) is 8.25. The van der Waals surface area contributed by atoms with Crippen LogP contribution < -0.4 is 5.32 Å². The van der Waals surface area contributed by atoms with Crippen molar-refractivity contribution in [1.82, 2.24) is 10.2 Å². The molecule has 4 aliphatic rings. The molecule has 2 aromatic rings. The van der Waals surface area contributed by atoms with Gasteiger partial charge in [0.15, 0.2) is 5.84 Å². The van der Waals surface area contributed by atoms with Crippen molar-refractivity contribution in [2.75, 3.05) is 19.6 Å². The van der Waals surface area contributed by atoms with E-state index in [-0.39, 0.29) is 0 Å². The van der Waals surface area contributed by atoms with E-state index in [1.165, 1.54) is 6.07 Å². The second kappa shape index (κ2) is 5.11. The zero-order chi connectivity index (χ0) is 17.2. The van der Waals surface area contributed by atoms with Crippen LogP contribution in [-0.4, -0.2) is 36.1 Å². The van der Waals surface area contributed by atoms with Gasteiger partial charge in [0.1, 0.15) is 4.88 Å². The summed E-state index contributed by atoms with van der Waals surface area (Å²) in [7, 11) is 0. The SMILES string of the molecule is FC(F)(F)c1cc2ccc(C3=NOC4(CN5CCC4CC5)N3)cc2s1. The van der Waals surface area contributed by atoms with Crippen LogP contribution in [0.2, 0.25) is 0 Å². The Labute approximate surface area is 146 Å². The maximum absolute atomic E-state index is 12.9. The van der Waals surface area contributed by atoms with Crippen molar-refractivity contribution in [3.05, 3.63) is 34.7 Å². The number of hydrogen-bond acceptors (Lipinski definition) is 5. The van der Waals surface area contributed by atoms with Crippen LogP contribution in [-0.2, 0) is 11.0 Å². The standard InChI is InChI=1S/C17H16F3N3OS/c18-17(19,20)14-8-10-1-2-11(7-13(10)25-14)15-21-16(24-22-15)9-23-5-3-12(16)4-6-23/h1-2,7-8,12H,3-6,9H2,(H,21,22). The van der Waals surface area contributed by atoms with Gasteiger partial charge in [-0.3, -0.25) is 4.90 Å². The monoisotopic (exact) mass is 367 g/mol. The second-order valence-corrected chi connectivity index (χ2v) is 8.04. The molecule has 0 saturated carbocycles. The van der Waals surface area contributed by atoms with E-state index in [9.17, 15) is 13.2 Å². The third kappa shape index (κ3) is 2.42. The molecule has 1 spiro atoms. The number of rotatable bonds is 1. The number of hydrogen-bond donors (Lipinski definition) is 1. The molecule has 1 aromatic carbocycles. The van der Waals surface area contributed by atoms with E-state index in [1.54, 1.807) is 18.2 Å². The number of oxime groups is 1. The van der Waals surface area contributed by atoms with Crippen molar-refractivity contribution in [2.24, 2.45) is 11.1 Å². The molecule has 4 nitrogen and oxygen atoms in total. The average Bonchev–Trinajstić information content (AvgIpc) is 3.19. The number of nitrogens with zero attached hydrogens (tertiary/aromatic N) is 2. The first-order chi connectivity index (χ1) is 11.9. The summed E-state index contributed by atoms with van der Waals surface area (Å²) in [5.74, 6) is 1.03. The molecule has 0 radical (unpaired) electrons. The minimum Gasteiger partial charge on any atom is -0.364 e. The predicted molar refractivity (Wildman–Crippen MR) is 89.5 cm³/mol. The Hall–Kier alpha value is -1.80. The molecule has 1 aromatic heterocycles. The normalized spacial score (nSPS) is 31.2. The van der Waals surface area contributed by atoms with Crippen molar-refractivity contribution >= 4 is 27.3 Å². The Morgan fingerprint density at radius 2 is 2.04 bits per heavy atom. The minimum absolute atomic E-state index is 0.418. The van der Waals surface area contributed by atoms with Gasteiger partial charge in [-0.1, -0.05) is 17.3 Å². The molecule has 1 N–H and O–H groups in total. The van der Waals surface area contributed by atoms with Gasteiger partial charge in [0.2, 0.25) is 5.72 Å². The van der Waals surface area contributed by atoms with Gasteiger partial charge in [0, 0.05) is 16.2 Å². The fraction of sp³-hybridized carbons (Fsp3) is 0.471. The zero-order valence-corrected chi connectivity index (χ0v) is 14.1. The Morgan fingerprint density at radius 1 is 1.24 bits per heavy atom. The molecule has 0 amide bonds. The van der Waals surface area contributed by atoms with Crippen LogP contribution in [0.4, 0.5) is 13.2 Å². The lowest BCUT2D eigenvalue weighted by Crippen LogP contribution is -2.65. The second-order valence-electron chi connectivity index (χ2n) is 6.96. The number of thiophene rings is 1. The fourth-order valence-electron chi connectivity index (χ4n) is 4.08.